The van der Waals surface area contributed by atoms with Crippen molar-refractivity contribution in [3.05, 3.63) is 53.6 Å². The molecule has 0 spiro atoms. The second-order valence-corrected chi connectivity index (χ2v) is 6.38. The average molecular weight is 394 g/mol. The Labute approximate surface area is 163 Å². The maximum Gasteiger partial charge on any atom is 0.387 e. The molecule has 0 aliphatic heterocycles. The normalized spacial score (nSPS) is 10.6. The maximum atomic E-state index is 12.4. The Hall–Kier alpha value is -2.41. The van der Waals surface area contributed by atoms with E-state index in [4.69, 9.17) is 17.0 Å². The van der Waals surface area contributed by atoms with Crippen molar-refractivity contribution in [3.63, 3.8) is 0 Å². The highest BCUT2D eigenvalue weighted by Crippen LogP contribution is 2.29. The number of halogens is 2. The Morgan fingerprint density at radius 1 is 1.07 bits per heavy atom. The third-order valence-corrected chi connectivity index (χ3v) is 4.17. The zero-order valence-electron chi connectivity index (χ0n) is 15.4. The minimum Gasteiger partial charge on any atom is -0.493 e. The van der Waals surface area contributed by atoms with E-state index < -0.39 is 6.61 Å². The second kappa shape index (κ2) is 10.7. The van der Waals surface area contributed by atoms with Gasteiger partial charge >= 0.3 is 6.61 Å². The van der Waals surface area contributed by atoms with E-state index in [2.05, 4.69) is 34.4 Å². The lowest BCUT2D eigenvalue weighted by Crippen LogP contribution is -2.27. The molecule has 0 amide bonds. The van der Waals surface area contributed by atoms with Gasteiger partial charge in [-0.05, 0) is 60.5 Å². The predicted octanol–water partition coefficient (Wildman–Crippen LogP) is 5.13. The number of hydrogen-bond donors (Lipinski definition) is 2. The SMILES string of the molecule is CCCCc1ccc(NC(=S)NCc2ccc(OC(F)F)c(OC)c2)cc1. The lowest BCUT2D eigenvalue weighted by Gasteiger charge is -2.13. The lowest BCUT2D eigenvalue weighted by molar-refractivity contribution is -0.0512. The summed E-state index contributed by atoms with van der Waals surface area (Å²) >= 11 is 5.30. The van der Waals surface area contributed by atoms with Crippen LogP contribution in [0.4, 0.5) is 14.5 Å². The summed E-state index contributed by atoms with van der Waals surface area (Å²) < 4.78 is 34.2. The smallest absolute Gasteiger partial charge is 0.387 e. The van der Waals surface area contributed by atoms with Gasteiger partial charge in [-0.3, -0.25) is 0 Å². The first-order valence-corrected chi connectivity index (χ1v) is 9.18. The summed E-state index contributed by atoms with van der Waals surface area (Å²) in [5, 5.41) is 6.69. The van der Waals surface area contributed by atoms with Crippen LogP contribution in [0.5, 0.6) is 11.5 Å². The molecule has 4 nitrogen and oxygen atoms in total. The Balaban J connectivity index is 1.87. The molecular weight excluding hydrogens is 370 g/mol. The standard InChI is InChI=1S/C20H24F2N2O2S/c1-3-4-5-14-6-9-16(10-7-14)24-20(27)23-13-15-8-11-17(26-19(21)22)18(12-15)25-2/h6-12,19H,3-5,13H2,1-2H3,(H2,23,24,27). The molecule has 0 atom stereocenters. The molecule has 0 saturated heterocycles. The Morgan fingerprint density at radius 3 is 2.41 bits per heavy atom. The van der Waals surface area contributed by atoms with Gasteiger partial charge in [-0.2, -0.15) is 8.78 Å². The van der Waals surface area contributed by atoms with Gasteiger partial charge in [0.15, 0.2) is 16.6 Å². The van der Waals surface area contributed by atoms with Crippen LogP contribution >= 0.6 is 12.2 Å². The van der Waals surface area contributed by atoms with Gasteiger partial charge in [-0.15, -0.1) is 0 Å². The molecule has 0 saturated carbocycles. The molecule has 0 radical (unpaired) electrons. The molecule has 27 heavy (non-hydrogen) atoms. The summed E-state index contributed by atoms with van der Waals surface area (Å²) in [5.74, 6) is 0.247. The monoisotopic (exact) mass is 394 g/mol. The largest absolute Gasteiger partial charge is 0.493 e. The van der Waals surface area contributed by atoms with E-state index in [1.807, 2.05) is 12.1 Å². The van der Waals surface area contributed by atoms with Crippen LogP contribution in [0, 0.1) is 0 Å². The number of methoxy groups -OCH3 is 1. The molecule has 0 aliphatic carbocycles. The van der Waals surface area contributed by atoms with Crippen molar-refractivity contribution in [2.24, 2.45) is 0 Å². The number of hydrogen-bond acceptors (Lipinski definition) is 3. The van der Waals surface area contributed by atoms with E-state index in [9.17, 15) is 8.78 Å². The fraction of sp³-hybridized carbons (Fsp3) is 0.350. The molecule has 2 aromatic carbocycles. The third-order valence-electron chi connectivity index (χ3n) is 3.93. The van der Waals surface area contributed by atoms with Crippen LogP contribution in [-0.2, 0) is 13.0 Å². The summed E-state index contributed by atoms with van der Waals surface area (Å²) in [6.45, 7) is -0.297. The van der Waals surface area contributed by atoms with Gasteiger partial charge in [0.05, 0.1) is 7.11 Å². The van der Waals surface area contributed by atoms with E-state index >= 15 is 0 Å². The number of ether oxygens (including phenoxy) is 2. The van der Waals surface area contributed by atoms with Crippen LogP contribution in [0.25, 0.3) is 0 Å². The number of thiocarbonyl (C=S) groups is 1. The number of alkyl halides is 2. The summed E-state index contributed by atoms with van der Waals surface area (Å²) in [4.78, 5) is 0. The fourth-order valence-corrected chi connectivity index (χ4v) is 2.70. The minimum absolute atomic E-state index is 0.000106. The molecule has 146 valence electrons. The second-order valence-electron chi connectivity index (χ2n) is 5.97. The molecule has 0 bridgehead atoms. The van der Waals surface area contributed by atoms with Crippen molar-refractivity contribution < 1.29 is 18.3 Å². The van der Waals surface area contributed by atoms with E-state index in [0.717, 1.165) is 17.7 Å². The van der Waals surface area contributed by atoms with Crippen LogP contribution in [0.1, 0.15) is 30.9 Å². The van der Waals surface area contributed by atoms with Gasteiger partial charge in [-0.1, -0.05) is 31.5 Å². The van der Waals surface area contributed by atoms with Gasteiger partial charge in [0.1, 0.15) is 0 Å². The fourth-order valence-electron chi connectivity index (χ4n) is 2.51. The summed E-state index contributed by atoms with van der Waals surface area (Å²) in [5.41, 5.74) is 3.04. The first kappa shape index (κ1) is 20.9. The molecular formula is C20H24F2N2O2S. The zero-order chi connectivity index (χ0) is 19.6. The van der Waals surface area contributed by atoms with Crippen LogP contribution in [0.2, 0.25) is 0 Å². The Bertz CT molecular complexity index is 739. The summed E-state index contributed by atoms with van der Waals surface area (Å²) in [6, 6.07) is 12.9. The number of aryl methyl sites for hydroxylation is 1. The number of anilines is 1. The first-order chi connectivity index (χ1) is 13.0. The molecule has 2 N–H and O–H groups in total. The van der Waals surface area contributed by atoms with Gasteiger partial charge < -0.3 is 20.1 Å². The van der Waals surface area contributed by atoms with Gasteiger partial charge in [0.25, 0.3) is 0 Å². The van der Waals surface area contributed by atoms with Crippen LogP contribution in [0.3, 0.4) is 0 Å². The highest BCUT2D eigenvalue weighted by Gasteiger charge is 2.11. The highest BCUT2D eigenvalue weighted by atomic mass is 32.1. The predicted molar refractivity (Wildman–Crippen MR) is 108 cm³/mol. The van der Waals surface area contributed by atoms with Crippen LogP contribution in [-0.4, -0.2) is 18.8 Å². The van der Waals surface area contributed by atoms with Crippen molar-refractivity contribution in [3.8, 4) is 11.5 Å². The molecule has 2 aromatic rings. The molecule has 0 unspecified atom stereocenters. The molecule has 0 aromatic heterocycles. The van der Waals surface area contributed by atoms with Gasteiger partial charge in [-0.25, -0.2) is 0 Å². The first-order valence-electron chi connectivity index (χ1n) is 8.77. The van der Waals surface area contributed by atoms with Crippen molar-refractivity contribution in [2.75, 3.05) is 12.4 Å². The molecule has 0 fully saturated rings. The summed E-state index contributed by atoms with van der Waals surface area (Å²) in [6.07, 6.45) is 3.43. The van der Waals surface area contributed by atoms with Crippen LogP contribution in [0.15, 0.2) is 42.5 Å². The van der Waals surface area contributed by atoms with E-state index in [0.29, 0.717) is 11.7 Å². The number of rotatable bonds is 9. The minimum atomic E-state index is -2.90. The van der Waals surface area contributed by atoms with Crippen molar-refractivity contribution in [2.45, 2.75) is 39.3 Å². The summed E-state index contributed by atoms with van der Waals surface area (Å²) in [7, 11) is 1.40. The van der Waals surface area contributed by atoms with E-state index in [1.54, 1.807) is 12.1 Å². The number of nitrogens with one attached hydrogen (secondary N) is 2. The van der Waals surface area contributed by atoms with E-state index in [-0.39, 0.29) is 11.5 Å². The third kappa shape index (κ3) is 7.02. The number of unbranched alkanes of at least 4 members (excludes halogenated alkanes) is 1. The van der Waals surface area contributed by atoms with Gasteiger partial charge in [0, 0.05) is 12.2 Å². The van der Waals surface area contributed by atoms with Crippen LogP contribution < -0.4 is 20.1 Å². The number of benzene rings is 2. The molecule has 2 rings (SSSR count). The topological polar surface area (TPSA) is 42.5 Å². The molecule has 0 aliphatic rings. The quantitative estimate of drug-likeness (QED) is 0.578. The zero-order valence-corrected chi connectivity index (χ0v) is 16.2. The Morgan fingerprint density at radius 2 is 1.78 bits per heavy atom. The molecule has 7 heteroatoms. The maximum absolute atomic E-state index is 12.4. The van der Waals surface area contributed by atoms with E-state index in [1.165, 1.54) is 31.6 Å². The Kier molecular flexibility index (Phi) is 8.26. The van der Waals surface area contributed by atoms with Crippen molar-refractivity contribution in [1.29, 1.82) is 0 Å². The molecule has 0 heterocycles. The van der Waals surface area contributed by atoms with Crippen molar-refractivity contribution >= 4 is 23.0 Å². The van der Waals surface area contributed by atoms with Crippen molar-refractivity contribution in [1.82, 2.24) is 5.32 Å². The average Bonchev–Trinajstić information content (AvgIpc) is 2.66. The lowest BCUT2D eigenvalue weighted by atomic mass is 10.1. The van der Waals surface area contributed by atoms with Gasteiger partial charge in [0.2, 0.25) is 0 Å². The highest BCUT2D eigenvalue weighted by molar-refractivity contribution is 7.80.